The van der Waals surface area contributed by atoms with Crippen LogP contribution in [0, 0.1) is 5.92 Å². The van der Waals surface area contributed by atoms with Crippen LogP contribution in [-0.4, -0.2) is 17.8 Å². The minimum Gasteiger partial charge on any atom is -0.496 e. The predicted octanol–water partition coefficient (Wildman–Crippen LogP) is 3.01. The third-order valence-corrected chi connectivity index (χ3v) is 3.57. The smallest absolute Gasteiger partial charge is 0.120 e. The zero-order valence-electron chi connectivity index (χ0n) is 9.45. The maximum atomic E-state index is 10.0. The van der Waals surface area contributed by atoms with Gasteiger partial charge in [-0.3, -0.25) is 0 Å². The molecule has 0 saturated heterocycles. The largest absolute Gasteiger partial charge is 0.496 e. The van der Waals surface area contributed by atoms with E-state index in [4.69, 9.17) is 4.74 Å². The molecule has 1 fully saturated rings. The van der Waals surface area contributed by atoms with Crippen LogP contribution in [0.1, 0.15) is 51.4 Å². The number of rotatable bonds is 3. The summed E-state index contributed by atoms with van der Waals surface area (Å²) in [7, 11) is 0. The van der Waals surface area contributed by atoms with Crippen molar-refractivity contribution >= 4 is 0 Å². The summed E-state index contributed by atoms with van der Waals surface area (Å²) in [5, 5.41) is 10.0. The summed E-state index contributed by atoms with van der Waals surface area (Å²) in [5.74, 6) is 1.56. The number of hydrogen-bond donors (Lipinski definition) is 1. The van der Waals surface area contributed by atoms with E-state index in [1.165, 1.54) is 32.1 Å². The summed E-state index contributed by atoms with van der Waals surface area (Å²) in [4.78, 5) is 0. The molecule has 1 atom stereocenters. The lowest BCUT2D eigenvalue weighted by Crippen LogP contribution is -2.21. The minimum atomic E-state index is -0.339. The van der Waals surface area contributed by atoms with Gasteiger partial charge in [0, 0.05) is 0 Å². The Bertz CT molecular complexity index is 217. The first kappa shape index (κ1) is 11.0. The average molecular weight is 210 g/mol. The van der Waals surface area contributed by atoms with Crippen molar-refractivity contribution in [3.63, 3.8) is 0 Å². The lowest BCUT2D eigenvalue weighted by molar-refractivity contribution is 0.0715. The van der Waals surface area contributed by atoms with Crippen molar-refractivity contribution in [2.45, 2.75) is 57.5 Å². The molecule has 0 aromatic carbocycles. The summed E-state index contributed by atoms with van der Waals surface area (Å²) in [6.45, 7) is 0.785. The topological polar surface area (TPSA) is 29.5 Å². The molecular formula is C13H22O2. The van der Waals surface area contributed by atoms with E-state index >= 15 is 0 Å². The monoisotopic (exact) mass is 210 g/mol. The van der Waals surface area contributed by atoms with Crippen molar-refractivity contribution in [3.05, 3.63) is 11.8 Å². The normalized spacial score (nSPS) is 25.5. The molecule has 15 heavy (non-hydrogen) atoms. The maximum absolute atomic E-state index is 10.0. The summed E-state index contributed by atoms with van der Waals surface area (Å²) < 4.78 is 5.49. The van der Waals surface area contributed by atoms with Gasteiger partial charge in [0.25, 0.3) is 0 Å². The van der Waals surface area contributed by atoms with Crippen LogP contribution in [0.2, 0.25) is 0 Å². The molecule has 86 valence electrons. The highest BCUT2D eigenvalue weighted by molar-refractivity contribution is 5.02. The highest BCUT2D eigenvalue weighted by Gasteiger charge is 2.21. The molecule has 1 N–H and O–H groups in total. The Hall–Kier alpha value is -0.500. The fourth-order valence-electron chi connectivity index (χ4n) is 2.66. The van der Waals surface area contributed by atoms with Gasteiger partial charge in [0.2, 0.25) is 0 Å². The number of aliphatic hydroxyl groups excluding tert-OH is 1. The van der Waals surface area contributed by atoms with Gasteiger partial charge in [0.15, 0.2) is 0 Å². The number of ether oxygens (including phenoxy) is 1. The Morgan fingerprint density at radius 2 is 2.07 bits per heavy atom. The summed E-state index contributed by atoms with van der Waals surface area (Å²) >= 11 is 0. The Morgan fingerprint density at radius 3 is 2.73 bits per heavy atom. The van der Waals surface area contributed by atoms with Gasteiger partial charge >= 0.3 is 0 Å². The van der Waals surface area contributed by atoms with Crippen LogP contribution in [0.4, 0.5) is 0 Å². The molecule has 0 radical (unpaired) electrons. The van der Waals surface area contributed by atoms with E-state index in [0.717, 1.165) is 37.5 Å². The molecule has 2 aliphatic rings. The second-order valence-electron chi connectivity index (χ2n) is 4.85. The van der Waals surface area contributed by atoms with E-state index in [-0.39, 0.29) is 6.10 Å². The van der Waals surface area contributed by atoms with E-state index in [0.29, 0.717) is 0 Å². The zero-order valence-corrected chi connectivity index (χ0v) is 9.45. The molecule has 1 aliphatic heterocycles. The number of aliphatic hydroxyl groups is 1. The summed E-state index contributed by atoms with van der Waals surface area (Å²) in [6, 6.07) is 0. The number of allylic oxidation sites excluding steroid dienone is 1. The van der Waals surface area contributed by atoms with Crippen LogP contribution < -0.4 is 0 Å². The SMILES string of the molecule is OC(CC1CCCCC1)C1=CCCCO1. The second kappa shape index (κ2) is 5.55. The Labute approximate surface area is 92.3 Å². The third-order valence-electron chi connectivity index (χ3n) is 3.57. The molecule has 2 rings (SSSR count). The first-order valence-electron chi connectivity index (χ1n) is 6.37. The van der Waals surface area contributed by atoms with Crippen molar-refractivity contribution in [1.29, 1.82) is 0 Å². The van der Waals surface area contributed by atoms with Crippen LogP contribution in [0.3, 0.4) is 0 Å². The van der Waals surface area contributed by atoms with E-state index in [1.54, 1.807) is 0 Å². The minimum absolute atomic E-state index is 0.339. The molecule has 1 saturated carbocycles. The molecule has 0 aromatic heterocycles. The Balaban J connectivity index is 1.79. The van der Waals surface area contributed by atoms with Crippen LogP contribution in [-0.2, 0) is 4.74 Å². The summed E-state index contributed by atoms with van der Waals surface area (Å²) in [5.41, 5.74) is 0. The van der Waals surface area contributed by atoms with Gasteiger partial charge in [-0.1, -0.05) is 32.1 Å². The third kappa shape index (κ3) is 3.23. The fraction of sp³-hybridized carbons (Fsp3) is 0.846. The van der Waals surface area contributed by atoms with Gasteiger partial charge in [-0.05, 0) is 31.3 Å². The molecular weight excluding hydrogens is 188 g/mol. The van der Waals surface area contributed by atoms with Crippen molar-refractivity contribution in [2.75, 3.05) is 6.61 Å². The van der Waals surface area contributed by atoms with Crippen molar-refractivity contribution < 1.29 is 9.84 Å². The van der Waals surface area contributed by atoms with Crippen molar-refractivity contribution in [2.24, 2.45) is 5.92 Å². The van der Waals surface area contributed by atoms with Gasteiger partial charge in [-0.2, -0.15) is 0 Å². The van der Waals surface area contributed by atoms with Gasteiger partial charge < -0.3 is 9.84 Å². The Kier molecular flexibility index (Phi) is 4.07. The molecule has 0 bridgehead atoms. The molecule has 0 amide bonds. The maximum Gasteiger partial charge on any atom is 0.120 e. The molecule has 2 heteroatoms. The lowest BCUT2D eigenvalue weighted by Gasteiger charge is -2.26. The van der Waals surface area contributed by atoms with Gasteiger partial charge in [-0.25, -0.2) is 0 Å². The Morgan fingerprint density at radius 1 is 1.27 bits per heavy atom. The number of hydrogen-bond acceptors (Lipinski definition) is 2. The van der Waals surface area contributed by atoms with Crippen molar-refractivity contribution in [1.82, 2.24) is 0 Å². The van der Waals surface area contributed by atoms with Crippen LogP contribution in [0.5, 0.6) is 0 Å². The highest BCUT2D eigenvalue weighted by Crippen LogP contribution is 2.29. The van der Waals surface area contributed by atoms with E-state index in [1.807, 2.05) is 0 Å². The van der Waals surface area contributed by atoms with Gasteiger partial charge in [-0.15, -0.1) is 0 Å². The van der Waals surface area contributed by atoms with Crippen LogP contribution >= 0.6 is 0 Å². The predicted molar refractivity (Wildman–Crippen MR) is 60.5 cm³/mol. The molecule has 1 unspecified atom stereocenters. The van der Waals surface area contributed by atoms with E-state index in [2.05, 4.69) is 6.08 Å². The van der Waals surface area contributed by atoms with E-state index < -0.39 is 0 Å². The molecule has 1 heterocycles. The lowest BCUT2D eigenvalue weighted by atomic mass is 9.85. The molecule has 0 aromatic rings. The van der Waals surface area contributed by atoms with Crippen molar-refractivity contribution in [3.8, 4) is 0 Å². The van der Waals surface area contributed by atoms with E-state index in [9.17, 15) is 5.11 Å². The quantitative estimate of drug-likeness (QED) is 0.776. The average Bonchev–Trinajstić information content (AvgIpc) is 2.31. The van der Waals surface area contributed by atoms with Gasteiger partial charge in [0.1, 0.15) is 11.9 Å². The van der Waals surface area contributed by atoms with Crippen LogP contribution in [0.25, 0.3) is 0 Å². The summed E-state index contributed by atoms with van der Waals surface area (Å²) in [6.07, 6.45) is 11.5. The second-order valence-corrected chi connectivity index (χ2v) is 4.85. The first-order valence-corrected chi connectivity index (χ1v) is 6.37. The first-order chi connectivity index (χ1) is 7.36. The van der Waals surface area contributed by atoms with Crippen LogP contribution in [0.15, 0.2) is 11.8 Å². The highest BCUT2D eigenvalue weighted by atomic mass is 16.5. The zero-order chi connectivity index (χ0) is 10.5. The molecule has 2 nitrogen and oxygen atoms in total. The molecule has 1 aliphatic carbocycles. The fourth-order valence-corrected chi connectivity index (χ4v) is 2.66. The van der Waals surface area contributed by atoms with Gasteiger partial charge in [0.05, 0.1) is 6.61 Å². The standard InChI is InChI=1S/C13H22O2/c14-12(13-8-4-5-9-15-13)10-11-6-2-1-3-7-11/h8,11-12,14H,1-7,9-10H2. The molecule has 0 spiro atoms.